The molecule has 0 aliphatic heterocycles. The largest absolute Gasteiger partial charge is 0.311 e. The van der Waals surface area contributed by atoms with Crippen LogP contribution in [0.5, 0.6) is 0 Å². The second-order valence-corrected chi connectivity index (χ2v) is 7.39. The second kappa shape index (κ2) is 9.47. The van der Waals surface area contributed by atoms with E-state index in [4.69, 9.17) is 0 Å². The Morgan fingerprint density at radius 2 is 0.969 bits per heavy atom. The predicted octanol–water partition coefficient (Wildman–Crippen LogP) is 7.31. The summed E-state index contributed by atoms with van der Waals surface area (Å²) in [4.78, 5) is 2.18. The molecular weight excluding hydrogens is 390 g/mol. The van der Waals surface area contributed by atoms with Crippen molar-refractivity contribution in [1.82, 2.24) is 0 Å². The van der Waals surface area contributed by atoms with E-state index in [0.29, 0.717) is 5.57 Å². The minimum atomic E-state index is 0.101. The van der Waals surface area contributed by atoms with Gasteiger partial charge in [-0.15, -0.1) is 0 Å². The van der Waals surface area contributed by atoms with Gasteiger partial charge in [-0.1, -0.05) is 78.4 Å². The molecular formula is C29H21N3. The van der Waals surface area contributed by atoms with E-state index < -0.39 is 0 Å². The summed E-state index contributed by atoms with van der Waals surface area (Å²) in [5.74, 6) is 0. The van der Waals surface area contributed by atoms with Crippen molar-refractivity contribution in [3.63, 3.8) is 0 Å². The normalized spacial score (nSPS) is 9.97. The van der Waals surface area contributed by atoms with Crippen molar-refractivity contribution in [3.8, 4) is 12.1 Å². The number of aryl methyl sites for hydroxylation is 1. The van der Waals surface area contributed by atoms with Gasteiger partial charge in [-0.2, -0.15) is 10.5 Å². The highest BCUT2D eigenvalue weighted by molar-refractivity contribution is 5.87. The molecule has 0 unspecified atom stereocenters. The molecule has 0 aromatic heterocycles. The predicted molar refractivity (Wildman–Crippen MR) is 130 cm³/mol. The summed E-state index contributed by atoms with van der Waals surface area (Å²) in [6.45, 7) is 2.01. The van der Waals surface area contributed by atoms with Crippen LogP contribution in [0.3, 0.4) is 0 Å². The molecule has 3 nitrogen and oxygen atoms in total. The van der Waals surface area contributed by atoms with Gasteiger partial charge in [-0.3, -0.25) is 0 Å². The van der Waals surface area contributed by atoms with Crippen molar-refractivity contribution in [1.29, 1.82) is 10.5 Å². The topological polar surface area (TPSA) is 50.8 Å². The van der Waals surface area contributed by atoms with Crippen molar-refractivity contribution in [3.05, 3.63) is 131 Å². The molecule has 0 fully saturated rings. The number of hydrogen-bond acceptors (Lipinski definition) is 3. The van der Waals surface area contributed by atoms with E-state index in [1.54, 1.807) is 0 Å². The third-order valence-corrected chi connectivity index (χ3v) is 5.26. The molecule has 0 amide bonds. The Kier molecular flexibility index (Phi) is 6.12. The summed E-state index contributed by atoms with van der Waals surface area (Å²) in [6.07, 6.45) is 0. The molecule has 0 saturated carbocycles. The molecule has 0 bridgehead atoms. The van der Waals surface area contributed by atoms with E-state index in [2.05, 4.69) is 41.3 Å². The lowest BCUT2D eigenvalue weighted by molar-refractivity contribution is 1.28. The molecule has 0 aliphatic rings. The fraction of sp³-hybridized carbons (Fsp3) is 0.0345. The molecule has 32 heavy (non-hydrogen) atoms. The van der Waals surface area contributed by atoms with Crippen LogP contribution in [0, 0.1) is 29.6 Å². The van der Waals surface area contributed by atoms with Crippen LogP contribution in [0.15, 0.2) is 115 Å². The maximum atomic E-state index is 9.58. The van der Waals surface area contributed by atoms with Gasteiger partial charge in [-0.25, -0.2) is 0 Å². The van der Waals surface area contributed by atoms with Crippen molar-refractivity contribution in [2.45, 2.75) is 6.92 Å². The highest BCUT2D eigenvalue weighted by atomic mass is 15.1. The van der Waals surface area contributed by atoms with E-state index >= 15 is 0 Å². The minimum Gasteiger partial charge on any atom is -0.311 e. The number of hydrogen-bond donors (Lipinski definition) is 0. The Hall–Kier alpha value is -4.60. The monoisotopic (exact) mass is 411 g/mol. The first kappa shape index (κ1) is 20.7. The van der Waals surface area contributed by atoms with Crippen molar-refractivity contribution in [2.75, 3.05) is 4.90 Å². The van der Waals surface area contributed by atoms with Crippen molar-refractivity contribution >= 4 is 22.6 Å². The Balaban J connectivity index is 1.81. The van der Waals surface area contributed by atoms with Crippen molar-refractivity contribution in [2.24, 2.45) is 0 Å². The van der Waals surface area contributed by atoms with Gasteiger partial charge in [0.1, 0.15) is 17.7 Å². The fourth-order valence-corrected chi connectivity index (χ4v) is 3.69. The zero-order valence-corrected chi connectivity index (χ0v) is 17.7. The number of para-hydroxylation sites is 2. The molecule has 0 saturated heterocycles. The van der Waals surface area contributed by atoms with Gasteiger partial charge in [0.05, 0.1) is 0 Å². The maximum absolute atomic E-state index is 9.58. The molecule has 0 spiro atoms. The average molecular weight is 412 g/mol. The van der Waals surface area contributed by atoms with Crippen LogP contribution in [-0.4, -0.2) is 0 Å². The molecule has 4 aromatic carbocycles. The average Bonchev–Trinajstić information content (AvgIpc) is 2.85. The highest BCUT2D eigenvalue weighted by Gasteiger charge is 2.15. The minimum absolute atomic E-state index is 0.101. The summed E-state index contributed by atoms with van der Waals surface area (Å²) < 4.78 is 0. The van der Waals surface area contributed by atoms with Gasteiger partial charge in [0.2, 0.25) is 0 Å². The van der Waals surface area contributed by atoms with Crippen LogP contribution >= 0.6 is 0 Å². The van der Waals surface area contributed by atoms with E-state index in [1.807, 2.05) is 91.9 Å². The van der Waals surface area contributed by atoms with E-state index in [-0.39, 0.29) is 5.57 Å². The molecule has 0 N–H and O–H groups in total. The highest BCUT2D eigenvalue weighted by Crippen LogP contribution is 2.35. The SMILES string of the molecule is Cc1ccc(C(=C(C#N)C#N)c2ccc(N(c3ccccc3)c3ccccc3)cc2)cc1. The van der Waals surface area contributed by atoms with E-state index in [1.165, 1.54) is 0 Å². The molecule has 0 aliphatic carbocycles. The van der Waals surface area contributed by atoms with Crippen LogP contribution in [0.25, 0.3) is 5.57 Å². The van der Waals surface area contributed by atoms with Gasteiger partial charge in [0.25, 0.3) is 0 Å². The number of anilines is 3. The lowest BCUT2D eigenvalue weighted by Crippen LogP contribution is -2.09. The molecule has 0 heterocycles. The lowest BCUT2D eigenvalue weighted by atomic mass is 9.93. The van der Waals surface area contributed by atoms with Gasteiger partial charge in [0.15, 0.2) is 0 Å². The first-order valence-electron chi connectivity index (χ1n) is 10.3. The first-order valence-corrected chi connectivity index (χ1v) is 10.3. The standard InChI is InChI=1S/C29H21N3/c1-22-12-14-23(15-13-22)29(25(20-30)21-31)24-16-18-28(19-17-24)32(26-8-4-2-5-9-26)27-10-6-3-7-11-27/h2-19H,1H3. The molecule has 3 heteroatoms. The smallest absolute Gasteiger partial charge is 0.138 e. The van der Waals surface area contributed by atoms with Crippen LogP contribution in [0.4, 0.5) is 17.1 Å². The second-order valence-electron chi connectivity index (χ2n) is 7.39. The third-order valence-electron chi connectivity index (χ3n) is 5.26. The van der Waals surface area contributed by atoms with Crippen molar-refractivity contribution < 1.29 is 0 Å². The number of allylic oxidation sites excluding steroid dienone is 1. The first-order chi connectivity index (χ1) is 15.7. The molecule has 0 atom stereocenters. The van der Waals surface area contributed by atoms with Crippen LogP contribution < -0.4 is 4.90 Å². The summed E-state index contributed by atoms with van der Waals surface area (Å²) >= 11 is 0. The van der Waals surface area contributed by atoms with Crippen LogP contribution in [0.2, 0.25) is 0 Å². The lowest BCUT2D eigenvalue weighted by Gasteiger charge is -2.25. The molecule has 0 radical (unpaired) electrons. The zero-order valence-electron chi connectivity index (χ0n) is 17.7. The van der Waals surface area contributed by atoms with Gasteiger partial charge < -0.3 is 4.90 Å². The number of benzene rings is 4. The summed E-state index contributed by atoms with van der Waals surface area (Å²) in [6, 6.07) is 40.3. The molecule has 4 aromatic rings. The van der Waals surface area contributed by atoms with E-state index in [0.717, 1.165) is 33.8 Å². The van der Waals surface area contributed by atoms with Crippen LogP contribution in [-0.2, 0) is 0 Å². The number of nitriles is 2. The Morgan fingerprint density at radius 1 is 0.562 bits per heavy atom. The Bertz CT molecular complexity index is 1250. The summed E-state index contributed by atoms with van der Waals surface area (Å²) in [5, 5.41) is 19.2. The fourth-order valence-electron chi connectivity index (χ4n) is 3.69. The molecule has 4 rings (SSSR count). The quantitative estimate of drug-likeness (QED) is 0.323. The number of nitrogens with zero attached hydrogens (tertiary/aromatic N) is 3. The maximum Gasteiger partial charge on any atom is 0.138 e. The number of rotatable bonds is 5. The van der Waals surface area contributed by atoms with E-state index in [9.17, 15) is 10.5 Å². The Morgan fingerprint density at radius 3 is 1.41 bits per heavy atom. The van der Waals surface area contributed by atoms with Gasteiger partial charge in [-0.05, 0) is 54.4 Å². The summed E-state index contributed by atoms with van der Waals surface area (Å²) in [5.41, 5.74) is 6.65. The molecule has 152 valence electrons. The van der Waals surface area contributed by atoms with Gasteiger partial charge in [0, 0.05) is 22.6 Å². The Labute approximate surface area is 188 Å². The third kappa shape index (κ3) is 4.29. The van der Waals surface area contributed by atoms with Gasteiger partial charge >= 0.3 is 0 Å². The van der Waals surface area contributed by atoms with Crippen LogP contribution in [0.1, 0.15) is 16.7 Å². The zero-order chi connectivity index (χ0) is 22.3. The summed E-state index contributed by atoms with van der Waals surface area (Å²) in [7, 11) is 0.